The van der Waals surface area contributed by atoms with Crippen molar-refractivity contribution >= 4 is 21.7 Å². The molecule has 2 aromatic rings. The molecule has 186 valence electrons. The van der Waals surface area contributed by atoms with Crippen molar-refractivity contribution in [1.82, 2.24) is 9.21 Å². The molecule has 0 aliphatic carbocycles. The molecule has 0 aromatic heterocycles. The highest BCUT2D eigenvalue weighted by Gasteiger charge is 2.32. The average Bonchev–Trinajstić information content (AvgIpc) is 2.78. The highest BCUT2D eigenvalue weighted by molar-refractivity contribution is 7.89. The van der Waals surface area contributed by atoms with Gasteiger partial charge in [0.05, 0.1) is 24.0 Å². The van der Waals surface area contributed by atoms with E-state index < -0.39 is 27.7 Å². The molecule has 1 fully saturated rings. The first-order valence-electron chi connectivity index (χ1n) is 10.7. The van der Waals surface area contributed by atoms with Crippen LogP contribution in [0.5, 0.6) is 0 Å². The van der Waals surface area contributed by atoms with Crippen molar-refractivity contribution in [2.75, 3.05) is 52.3 Å². The molecule has 0 bridgehead atoms. The SMILES string of the molecule is COC(=O)Cc1cc(CN(C)C)cc(S(=O)(=O)N2CCN(c3ccc(C(F)(F)F)cc3)CC2)c1. The highest BCUT2D eigenvalue weighted by Crippen LogP contribution is 2.31. The van der Waals surface area contributed by atoms with Gasteiger partial charge in [0.25, 0.3) is 0 Å². The lowest BCUT2D eigenvalue weighted by molar-refractivity contribution is -0.140. The first-order chi connectivity index (χ1) is 15.9. The summed E-state index contributed by atoms with van der Waals surface area (Å²) in [6, 6.07) is 9.74. The molecule has 0 unspecified atom stereocenters. The van der Waals surface area contributed by atoms with E-state index in [9.17, 15) is 26.4 Å². The van der Waals surface area contributed by atoms with Crippen LogP contribution in [0.1, 0.15) is 16.7 Å². The van der Waals surface area contributed by atoms with E-state index in [0.717, 1.165) is 17.7 Å². The number of methoxy groups -OCH3 is 1. The Kier molecular flexibility index (Phi) is 7.89. The number of alkyl halides is 3. The van der Waals surface area contributed by atoms with Gasteiger partial charge >= 0.3 is 12.1 Å². The maximum atomic E-state index is 13.4. The number of anilines is 1. The molecule has 0 atom stereocenters. The third-order valence-electron chi connectivity index (χ3n) is 5.54. The van der Waals surface area contributed by atoms with Gasteiger partial charge in [0.15, 0.2) is 0 Å². The molecule has 0 spiro atoms. The van der Waals surface area contributed by atoms with Crippen molar-refractivity contribution < 1.29 is 31.1 Å². The summed E-state index contributed by atoms with van der Waals surface area (Å²) in [5.41, 5.74) is 1.19. The Morgan fingerprint density at radius 2 is 1.59 bits per heavy atom. The molecule has 1 saturated heterocycles. The third-order valence-corrected chi connectivity index (χ3v) is 7.41. The zero-order chi connectivity index (χ0) is 25.1. The van der Waals surface area contributed by atoms with Crippen molar-refractivity contribution in [1.29, 1.82) is 0 Å². The molecule has 0 N–H and O–H groups in total. The Balaban J connectivity index is 1.77. The number of benzene rings is 2. The van der Waals surface area contributed by atoms with Gasteiger partial charge in [-0.15, -0.1) is 0 Å². The van der Waals surface area contributed by atoms with E-state index >= 15 is 0 Å². The average molecular weight is 500 g/mol. The summed E-state index contributed by atoms with van der Waals surface area (Å²) >= 11 is 0. The molecule has 0 radical (unpaired) electrons. The molecular weight excluding hydrogens is 471 g/mol. The second-order valence-corrected chi connectivity index (χ2v) is 10.3. The molecule has 1 heterocycles. The van der Waals surface area contributed by atoms with Crippen LogP contribution >= 0.6 is 0 Å². The first-order valence-corrected chi connectivity index (χ1v) is 12.1. The second kappa shape index (κ2) is 10.3. The highest BCUT2D eigenvalue weighted by atomic mass is 32.2. The lowest BCUT2D eigenvalue weighted by atomic mass is 10.1. The van der Waals surface area contributed by atoms with Crippen LogP contribution in [0.3, 0.4) is 0 Å². The number of sulfonamides is 1. The minimum atomic E-state index is -4.40. The molecule has 7 nitrogen and oxygen atoms in total. The quantitative estimate of drug-likeness (QED) is 0.546. The number of piperazine rings is 1. The van der Waals surface area contributed by atoms with E-state index in [1.165, 1.54) is 29.6 Å². The van der Waals surface area contributed by atoms with Crippen molar-refractivity contribution in [3.8, 4) is 0 Å². The van der Waals surface area contributed by atoms with Crippen LogP contribution in [0.15, 0.2) is 47.4 Å². The summed E-state index contributed by atoms with van der Waals surface area (Å²) in [5, 5.41) is 0. The normalized spacial score (nSPS) is 15.6. The van der Waals surface area contributed by atoms with Crippen LogP contribution < -0.4 is 4.90 Å². The van der Waals surface area contributed by atoms with Gasteiger partial charge in [0, 0.05) is 38.4 Å². The van der Waals surface area contributed by atoms with Gasteiger partial charge in [-0.3, -0.25) is 4.79 Å². The van der Waals surface area contributed by atoms with Crippen LogP contribution in [-0.2, 0) is 38.7 Å². The number of ether oxygens (including phenoxy) is 1. The zero-order valence-corrected chi connectivity index (χ0v) is 20.1. The van der Waals surface area contributed by atoms with Crippen LogP contribution in [0.25, 0.3) is 0 Å². The Morgan fingerprint density at radius 1 is 1.00 bits per heavy atom. The molecule has 2 aromatic carbocycles. The van der Waals surface area contributed by atoms with Crippen LogP contribution in [0.2, 0.25) is 0 Å². The van der Waals surface area contributed by atoms with E-state index in [0.29, 0.717) is 30.9 Å². The van der Waals surface area contributed by atoms with Gasteiger partial charge in [-0.25, -0.2) is 8.42 Å². The minimum Gasteiger partial charge on any atom is -0.469 e. The maximum absolute atomic E-state index is 13.4. The lowest BCUT2D eigenvalue weighted by Gasteiger charge is -2.35. The number of halogens is 3. The van der Waals surface area contributed by atoms with Gasteiger partial charge in [-0.2, -0.15) is 17.5 Å². The summed E-state index contributed by atoms with van der Waals surface area (Å²) in [5.74, 6) is -0.462. The van der Waals surface area contributed by atoms with Gasteiger partial charge in [0.1, 0.15) is 0 Å². The topological polar surface area (TPSA) is 70.2 Å². The number of carbonyl (C=O) groups is 1. The number of hydrogen-bond donors (Lipinski definition) is 0. The van der Waals surface area contributed by atoms with Crippen molar-refractivity contribution in [3.05, 3.63) is 59.2 Å². The van der Waals surface area contributed by atoms with Gasteiger partial charge < -0.3 is 14.5 Å². The van der Waals surface area contributed by atoms with E-state index in [4.69, 9.17) is 4.74 Å². The molecule has 11 heteroatoms. The summed E-state index contributed by atoms with van der Waals surface area (Å²) in [4.78, 5) is 15.6. The van der Waals surface area contributed by atoms with Gasteiger partial charge in [0.2, 0.25) is 10.0 Å². The Hall–Kier alpha value is -2.63. The first kappa shape index (κ1) is 26.0. The predicted molar refractivity (Wildman–Crippen MR) is 122 cm³/mol. The Labute approximate surface area is 197 Å². The number of rotatable bonds is 7. The van der Waals surface area contributed by atoms with Crippen LogP contribution in [0.4, 0.5) is 18.9 Å². The summed E-state index contributed by atoms with van der Waals surface area (Å²) in [6.07, 6.45) is -4.44. The molecule has 3 rings (SSSR count). The van der Waals surface area contributed by atoms with E-state index in [1.807, 2.05) is 23.9 Å². The molecule has 34 heavy (non-hydrogen) atoms. The number of hydrogen-bond acceptors (Lipinski definition) is 6. The zero-order valence-electron chi connectivity index (χ0n) is 19.3. The summed E-state index contributed by atoms with van der Waals surface area (Å²) in [7, 11) is 1.17. The molecule has 0 amide bonds. The van der Waals surface area contributed by atoms with Crippen molar-refractivity contribution in [2.45, 2.75) is 24.0 Å². The molecule has 1 aliphatic rings. The third kappa shape index (κ3) is 6.28. The number of nitrogens with zero attached hydrogens (tertiary/aromatic N) is 3. The standard InChI is InChI=1S/C23H28F3N3O4S/c1-27(2)16-18-12-17(15-22(30)33-3)13-21(14-18)34(31,32)29-10-8-28(9-11-29)20-6-4-19(5-7-20)23(24,25)26/h4-7,12-14H,8-11,15-16H2,1-3H3. The second-order valence-electron chi connectivity index (χ2n) is 8.41. The van der Waals surface area contributed by atoms with Crippen LogP contribution in [-0.4, -0.2) is 71.0 Å². The summed E-state index contributed by atoms with van der Waals surface area (Å²) in [6.45, 7) is 1.56. The molecular formula is C23H28F3N3O4S. The lowest BCUT2D eigenvalue weighted by Crippen LogP contribution is -2.48. The van der Waals surface area contributed by atoms with E-state index in [2.05, 4.69) is 0 Å². The van der Waals surface area contributed by atoms with Gasteiger partial charge in [-0.1, -0.05) is 6.07 Å². The van der Waals surface area contributed by atoms with E-state index in [-0.39, 0.29) is 24.4 Å². The summed E-state index contributed by atoms with van der Waals surface area (Å²) < 4.78 is 71.3. The Morgan fingerprint density at radius 3 is 2.12 bits per heavy atom. The number of carbonyl (C=O) groups excluding carboxylic acids is 1. The largest absolute Gasteiger partial charge is 0.469 e. The van der Waals surface area contributed by atoms with Crippen LogP contribution in [0, 0.1) is 0 Å². The van der Waals surface area contributed by atoms with Crippen molar-refractivity contribution in [2.24, 2.45) is 0 Å². The van der Waals surface area contributed by atoms with Gasteiger partial charge in [-0.05, 0) is 61.6 Å². The van der Waals surface area contributed by atoms with E-state index in [1.54, 1.807) is 12.1 Å². The molecule has 0 saturated carbocycles. The minimum absolute atomic E-state index is 0.0397. The smallest absolute Gasteiger partial charge is 0.416 e. The predicted octanol–water partition coefficient (Wildman–Crippen LogP) is 2.99. The maximum Gasteiger partial charge on any atom is 0.416 e. The molecule has 1 aliphatic heterocycles. The Bertz CT molecular complexity index is 1110. The monoisotopic (exact) mass is 499 g/mol. The number of esters is 1. The fourth-order valence-electron chi connectivity index (χ4n) is 3.87. The fraction of sp³-hybridized carbons (Fsp3) is 0.435. The van der Waals surface area contributed by atoms with Crippen molar-refractivity contribution in [3.63, 3.8) is 0 Å². The fourth-order valence-corrected chi connectivity index (χ4v) is 5.41.